The van der Waals surface area contributed by atoms with Crippen LogP contribution in [0.2, 0.25) is 0 Å². The van der Waals surface area contributed by atoms with Gasteiger partial charge in [-0.1, -0.05) is 18.7 Å². The Hall–Kier alpha value is -2.11. The summed E-state index contributed by atoms with van der Waals surface area (Å²) < 4.78 is 12.0. The fourth-order valence-corrected chi connectivity index (χ4v) is 5.92. The van der Waals surface area contributed by atoms with Crippen LogP contribution < -0.4 is 11.2 Å². The van der Waals surface area contributed by atoms with Crippen molar-refractivity contribution in [3.8, 4) is 0 Å². The number of thiophene rings is 1. The Kier molecular flexibility index (Phi) is 6.30. The van der Waals surface area contributed by atoms with E-state index in [1.165, 1.54) is 34.9 Å². The van der Waals surface area contributed by atoms with E-state index >= 15 is 0 Å². The molecule has 1 aliphatic carbocycles. The molecule has 1 saturated heterocycles. The zero-order valence-electron chi connectivity index (χ0n) is 17.0. The van der Waals surface area contributed by atoms with Gasteiger partial charge < -0.3 is 20.6 Å². The Morgan fingerprint density at radius 1 is 1.40 bits per heavy atom. The highest BCUT2D eigenvalue weighted by molar-refractivity contribution is 7.99. The minimum Gasteiger partial charge on any atom is -0.465 e. The van der Waals surface area contributed by atoms with Gasteiger partial charge in [-0.2, -0.15) is 0 Å². The maximum atomic E-state index is 12.6. The van der Waals surface area contributed by atoms with Gasteiger partial charge in [0.2, 0.25) is 11.1 Å². The number of aromatic nitrogens is 3. The van der Waals surface area contributed by atoms with Gasteiger partial charge in [-0.15, -0.1) is 21.5 Å². The second-order valence-corrected chi connectivity index (χ2v) is 9.64. The predicted molar refractivity (Wildman–Crippen MR) is 114 cm³/mol. The first-order valence-corrected chi connectivity index (χ1v) is 11.8. The lowest BCUT2D eigenvalue weighted by Crippen LogP contribution is -2.19. The van der Waals surface area contributed by atoms with Crippen LogP contribution >= 0.6 is 23.1 Å². The summed E-state index contributed by atoms with van der Waals surface area (Å²) in [6.07, 6.45) is 4.44. The lowest BCUT2D eigenvalue weighted by molar-refractivity contribution is -0.113. The van der Waals surface area contributed by atoms with Gasteiger partial charge in [0.25, 0.3) is 0 Å². The van der Waals surface area contributed by atoms with Gasteiger partial charge in [0.15, 0.2) is 5.82 Å². The average molecular weight is 452 g/mol. The maximum absolute atomic E-state index is 12.6. The third-order valence-electron chi connectivity index (χ3n) is 5.40. The molecule has 0 bridgehead atoms. The molecule has 0 radical (unpaired) electrons. The lowest BCUT2D eigenvalue weighted by atomic mass is 9.88. The van der Waals surface area contributed by atoms with Crippen LogP contribution in [0.15, 0.2) is 5.16 Å². The summed E-state index contributed by atoms with van der Waals surface area (Å²) in [6.45, 7) is 2.89. The molecule has 1 aliphatic heterocycles. The van der Waals surface area contributed by atoms with Crippen molar-refractivity contribution in [2.75, 3.05) is 30.6 Å². The van der Waals surface area contributed by atoms with Crippen LogP contribution in [-0.4, -0.2) is 46.2 Å². The number of carbonyl (C=O) groups is 2. The van der Waals surface area contributed by atoms with Crippen LogP contribution in [0.25, 0.3) is 0 Å². The molecule has 3 heterocycles. The van der Waals surface area contributed by atoms with Crippen LogP contribution in [0.1, 0.15) is 58.9 Å². The smallest absolute Gasteiger partial charge is 0.341 e. The van der Waals surface area contributed by atoms with Crippen molar-refractivity contribution >= 4 is 40.0 Å². The SMILES string of the molecule is COC(=O)c1c(NC(=O)CSc2nnc([C@@H]3CCCO3)n2N)sc2c1CC[C@H](C)C2. The second kappa shape index (κ2) is 8.94. The average Bonchev–Trinajstić information content (AvgIpc) is 3.44. The number of hydrogen-bond donors (Lipinski definition) is 2. The summed E-state index contributed by atoms with van der Waals surface area (Å²) in [7, 11) is 1.36. The number of nitrogen functional groups attached to an aromatic ring is 1. The summed E-state index contributed by atoms with van der Waals surface area (Å²) in [5.41, 5.74) is 1.50. The van der Waals surface area contributed by atoms with E-state index in [0.717, 1.165) is 42.5 Å². The Labute approximate surface area is 182 Å². The molecule has 1 fully saturated rings. The molecule has 162 valence electrons. The number of anilines is 1. The number of esters is 1. The molecule has 2 aromatic heterocycles. The topological polar surface area (TPSA) is 121 Å². The monoisotopic (exact) mass is 451 g/mol. The summed E-state index contributed by atoms with van der Waals surface area (Å²) in [4.78, 5) is 26.1. The molecule has 2 atom stereocenters. The van der Waals surface area contributed by atoms with Crippen LogP contribution in [0, 0.1) is 5.92 Å². The molecule has 30 heavy (non-hydrogen) atoms. The molecule has 2 aliphatic rings. The van der Waals surface area contributed by atoms with Crippen molar-refractivity contribution < 1.29 is 19.1 Å². The van der Waals surface area contributed by atoms with Gasteiger partial charge in [0.1, 0.15) is 11.1 Å². The number of amides is 1. The molecule has 2 aromatic rings. The number of ether oxygens (including phenoxy) is 2. The highest BCUT2D eigenvalue weighted by Gasteiger charge is 2.29. The number of carbonyl (C=O) groups excluding carboxylic acids is 2. The van der Waals surface area contributed by atoms with E-state index in [0.29, 0.717) is 34.1 Å². The predicted octanol–water partition coefficient (Wildman–Crippen LogP) is 2.55. The quantitative estimate of drug-likeness (QED) is 0.390. The van der Waals surface area contributed by atoms with Gasteiger partial charge in [0.05, 0.1) is 18.4 Å². The summed E-state index contributed by atoms with van der Waals surface area (Å²) in [5.74, 6) is 6.67. The fourth-order valence-electron chi connectivity index (χ4n) is 3.84. The molecule has 0 aromatic carbocycles. The van der Waals surface area contributed by atoms with E-state index in [2.05, 4.69) is 22.4 Å². The largest absolute Gasteiger partial charge is 0.465 e. The van der Waals surface area contributed by atoms with Crippen LogP contribution in [-0.2, 0) is 27.1 Å². The summed E-state index contributed by atoms with van der Waals surface area (Å²) >= 11 is 2.66. The molecule has 0 spiro atoms. The number of nitrogens with one attached hydrogen (secondary N) is 1. The first-order valence-electron chi connectivity index (χ1n) is 9.95. The number of hydrogen-bond acceptors (Lipinski definition) is 9. The second-order valence-electron chi connectivity index (χ2n) is 7.60. The van der Waals surface area contributed by atoms with Crippen molar-refractivity contribution in [2.24, 2.45) is 5.92 Å². The highest BCUT2D eigenvalue weighted by Crippen LogP contribution is 2.40. The fraction of sp³-hybridized carbons (Fsp3) is 0.579. The normalized spacial score (nSPS) is 20.7. The lowest BCUT2D eigenvalue weighted by Gasteiger charge is -2.18. The highest BCUT2D eigenvalue weighted by atomic mass is 32.2. The van der Waals surface area contributed by atoms with Gasteiger partial charge in [0, 0.05) is 11.5 Å². The standard InChI is InChI=1S/C19H25N5O4S2/c1-10-5-6-11-13(8-10)30-17(15(11)18(26)27-2)21-14(25)9-29-19-23-22-16(24(19)20)12-4-3-7-28-12/h10,12H,3-9,20H2,1-2H3,(H,21,25)/t10-,12-/m0/s1. The van der Waals surface area contributed by atoms with Crippen molar-refractivity contribution in [1.29, 1.82) is 0 Å². The number of nitrogens with zero attached hydrogens (tertiary/aromatic N) is 3. The molecule has 0 saturated carbocycles. The molecular formula is C19H25N5O4S2. The number of fused-ring (bicyclic) bond motifs is 1. The van der Waals surface area contributed by atoms with Gasteiger partial charge >= 0.3 is 5.97 Å². The Morgan fingerprint density at radius 3 is 2.97 bits per heavy atom. The number of nitrogens with two attached hydrogens (primary N) is 1. The van der Waals surface area contributed by atoms with Crippen molar-refractivity contribution in [2.45, 2.75) is 50.3 Å². The van der Waals surface area contributed by atoms with E-state index in [1.807, 2.05) is 0 Å². The van der Waals surface area contributed by atoms with Gasteiger partial charge in [-0.3, -0.25) is 4.79 Å². The summed E-state index contributed by atoms with van der Waals surface area (Å²) in [6, 6.07) is 0. The van der Waals surface area contributed by atoms with Crippen LogP contribution in [0.5, 0.6) is 0 Å². The maximum Gasteiger partial charge on any atom is 0.341 e. The minimum atomic E-state index is -0.409. The third kappa shape index (κ3) is 4.19. The molecule has 9 nitrogen and oxygen atoms in total. The molecule has 11 heteroatoms. The Bertz CT molecular complexity index is 951. The Balaban J connectivity index is 1.44. The third-order valence-corrected chi connectivity index (χ3v) is 7.51. The van der Waals surface area contributed by atoms with Crippen LogP contribution in [0.3, 0.4) is 0 Å². The zero-order chi connectivity index (χ0) is 21.3. The molecular weight excluding hydrogens is 426 g/mol. The molecule has 1 amide bonds. The van der Waals surface area contributed by atoms with E-state index in [9.17, 15) is 9.59 Å². The molecule has 0 unspecified atom stereocenters. The van der Waals surface area contributed by atoms with E-state index in [1.54, 1.807) is 0 Å². The van der Waals surface area contributed by atoms with Crippen molar-refractivity contribution in [1.82, 2.24) is 14.9 Å². The van der Waals surface area contributed by atoms with E-state index in [-0.39, 0.29) is 17.8 Å². The molecule has 4 rings (SSSR count). The first kappa shape index (κ1) is 21.1. The van der Waals surface area contributed by atoms with Gasteiger partial charge in [-0.25, -0.2) is 9.47 Å². The number of thioether (sulfide) groups is 1. The van der Waals surface area contributed by atoms with Gasteiger partial charge in [-0.05, 0) is 43.6 Å². The first-order chi connectivity index (χ1) is 14.5. The number of rotatable bonds is 6. The zero-order valence-corrected chi connectivity index (χ0v) is 18.6. The van der Waals surface area contributed by atoms with E-state index in [4.69, 9.17) is 15.3 Å². The summed E-state index contributed by atoms with van der Waals surface area (Å²) in [5, 5.41) is 12.1. The number of methoxy groups -OCH3 is 1. The van der Waals surface area contributed by atoms with E-state index < -0.39 is 5.97 Å². The van der Waals surface area contributed by atoms with Crippen molar-refractivity contribution in [3.63, 3.8) is 0 Å². The van der Waals surface area contributed by atoms with Crippen LogP contribution in [0.4, 0.5) is 5.00 Å². The van der Waals surface area contributed by atoms with Crippen molar-refractivity contribution in [3.05, 3.63) is 21.8 Å². The molecule has 3 N–H and O–H groups in total. The Morgan fingerprint density at radius 2 is 2.23 bits per heavy atom. The minimum absolute atomic E-state index is 0.0977.